The van der Waals surface area contributed by atoms with Gasteiger partial charge in [0.2, 0.25) is 20.0 Å². The Hall–Kier alpha value is -1.19. The summed E-state index contributed by atoms with van der Waals surface area (Å²) in [5.74, 6) is -0.691. The summed E-state index contributed by atoms with van der Waals surface area (Å²) in [4.78, 5) is 0. The molecule has 0 radical (unpaired) electrons. The molecule has 0 unspecified atom stereocenters. The van der Waals surface area contributed by atoms with Crippen molar-refractivity contribution < 1.29 is 21.2 Å². The first-order valence-corrected chi connectivity index (χ1v) is 10.4. The zero-order valence-corrected chi connectivity index (χ0v) is 14.3. The molecule has 9 heteroatoms. The molecule has 1 rings (SSSR count). The highest BCUT2D eigenvalue weighted by molar-refractivity contribution is 7.92. The van der Waals surface area contributed by atoms with Crippen molar-refractivity contribution in [1.82, 2.24) is 4.72 Å². The first-order valence-electron chi connectivity index (χ1n) is 6.87. The maximum atomic E-state index is 13.8. The predicted octanol–water partition coefficient (Wildman–Crippen LogP) is 1.31. The fourth-order valence-corrected chi connectivity index (χ4v) is 3.97. The van der Waals surface area contributed by atoms with Gasteiger partial charge in [0, 0.05) is 13.1 Å². The summed E-state index contributed by atoms with van der Waals surface area (Å²) < 4.78 is 63.9. The van der Waals surface area contributed by atoms with Crippen molar-refractivity contribution in [3.63, 3.8) is 0 Å². The van der Waals surface area contributed by atoms with Gasteiger partial charge in [0.25, 0.3) is 0 Å². The summed E-state index contributed by atoms with van der Waals surface area (Å²) in [6.07, 6.45) is 2.22. The topological polar surface area (TPSA) is 83.6 Å². The maximum absolute atomic E-state index is 13.8. The van der Waals surface area contributed by atoms with E-state index in [1.54, 1.807) is 0 Å². The standard InChI is InChI=1S/C13H21FN2O4S2/c1-3-4-11-22(19,20)15-9-10-16(21(2,17)18)13-8-6-5-7-12(13)14/h5-8,15H,3-4,9-11H2,1-2H3. The monoisotopic (exact) mass is 352 g/mol. The minimum absolute atomic E-state index is 0.0118. The van der Waals surface area contributed by atoms with Gasteiger partial charge in [0.15, 0.2) is 0 Å². The number of hydrogen-bond donors (Lipinski definition) is 1. The van der Waals surface area contributed by atoms with Gasteiger partial charge in [-0.25, -0.2) is 25.9 Å². The second-order valence-corrected chi connectivity index (χ2v) is 8.69. The number of hydrogen-bond acceptors (Lipinski definition) is 4. The Balaban J connectivity index is 2.80. The fourth-order valence-electron chi connectivity index (χ4n) is 1.83. The molecule has 0 bridgehead atoms. The van der Waals surface area contributed by atoms with Crippen LogP contribution in [-0.2, 0) is 20.0 Å². The second kappa shape index (κ2) is 7.89. The van der Waals surface area contributed by atoms with Crippen LogP contribution in [0.2, 0.25) is 0 Å². The van der Waals surface area contributed by atoms with Crippen LogP contribution in [0.3, 0.4) is 0 Å². The minimum Gasteiger partial charge on any atom is -0.266 e. The van der Waals surface area contributed by atoms with Crippen LogP contribution in [0, 0.1) is 5.82 Å². The van der Waals surface area contributed by atoms with Crippen molar-refractivity contribution >= 4 is 25.7 Å². The molecular weight excluding hydrogens is 331 g/mol. The Morgan fingerprint density at radius 1 is 1.18 bits per heavy atom. The third-order valence-electron chi connectivity index (χ3n) is 2.92. The number of halogens is 1. The number of nitrogens with one attached hydrogen (secondary N) is 1. The lowest BCUT2D eigenvalue weighted by Crippen LogP contribution is -2.39. The highest BCUT2D eigenvalue weighted by Crippen LogP contribution is 2.20. The Labute approximate surface area is 131 Å². The van der Waals surface area contributed by atoms with Crippen LogP contribution < -0.4 is 9.03 Å². The summed E-state index contributed by atoms with van der Waals surface area (Å²) >= 11 is 0. The van der Waals surface area contributed by atoms with Crippen molar-refractivity contribution in [3.05, 3.63) is 30.1 Å². The molecule has 6 nitrogen and oxygen atoms in total. The van der Waals surface area contributed by atoms with E-state index in [2.05, 4.69) is 4.72 Å². The lowest BCUT2D eigenvalue weighted by atomic mass is 10.3. The van der Waals surface area contributed by atoms with Crippen LogP contribution in [0.1, 0.15) is 19.8 Å². The summed E-state index contributed by atoms with van der Waals surface area (Å²) in [5, 5.41) is 0. The quantitative estimate of drug-likeness (QED) is 0.726. The number of unbranched alkanes of at least 4 members (excludes halogenated alkanes) is 1. The summed E-state index contributed by atoms with van der Waals surface area (Å²) in [5.41, 5.74) is -0.0993. The number of sulfonamides is 2. The normalized spacial score (nSPS) is 12.3. The second-order valence-electron chi connectivity index (χ2n) is 4.85. The van der Waals surface area contributed by atoms with E-state index in [1.807, 2.05) is 6.92 Å². The van der Waals surface area contributed by atoms with Gasteiger partial charge < -0.3 is 0 Å². The fraction of sp³-hybridized carbons (Fsp3) is 0.538. The molecule has 1 aromatic carbocycles. The summed E-state index contributed by atoms with van der Waals surface area (Å²) in [6.45, 7) is 1.58. The van der Waals surface area contributed by atoms with Crippen LogP contribution >= 0.6 is 0 Å². The van der Waals surface area contributed by atoms with E-state index in [0.29, 0.717) is 6.42 Å². The van der Waals surface area contributed by atoms with E-state index in [4.69, 9.17) is 0 Å². The predicted molar refractivity (Wildman–Crippen MR) is 85.3 cm³/mol. The zero-order chi connectivity index (χ0) is 16.8. The van der Waals surface area contributed by atoms with Crippen molar-refractivity contribution in [2.45, 2.75) is 19.8 Å². The zero-order valence-electron chi connectivity index (χ0n) is 12.6. The third-order valence-corrected chi connectivity index (χ3v) is 5.57. The number of rotatable bonds is 9. The molecule has 0 heterocycles. The average Bonchev–Trinajstić information content (AvgIpc) is 2.41. The molecule has 0 saturated heterocycles. The third kappa shape index (κ3) is 5.90. The van der Waals surface area contributed by atoms with Crippen LogP contribution in [0.4, 0.5) is 10.1 Å². The van der Waals surface area contributed by atoms with Gasteiger partial charge in [-0.2, -0.15) is 0 Å². The van der Waals surface area contributed by atoms with Crippen LogP contribution in [0.5, 0.6) is 0 Å². The SMILES string of the molecule is CCCCS(=O)(=O)NCCN(c1ccccc1F)S(C)(=O)=O. The van der Waals surface area contributed by atoms with Gasteiger partial charge in [-0.15, -0.1) is 0 Å². The molecule has 0 spiro atoms. The van der Waals surface area contributed by atoms with Crippen molar-refractivity contribution in [2.75, 3.05) is 29.4 Å². The van der Waals surface area contributed by atoms with Crippen LogP contribution in [0.15, 0.2) is 24.3 Å². The summed E-state index contributed by atoms with van der Waals surface area (Å²) in [6, 6.07) is 5.45. The van der Waals surface area contributed by atoms with Crippen LogP contribution in [0.25, 0.3) is 0 Å². The summed E-state index contributed by atoms with van der Waals surface area (Å²) in [7, 11) is -7.16. The maximum Gasteiger partial charge on any atom is 0.232 e. The number of anilines is 1. The first-order chi connectivity index (χ1) is 10.2. The van der Waals surface area contributed by atoms with Gasteiger partial charge in [0.05, 0.1) is 17.7 Å². The van der Waals surface area contributed by atoms with E-state index >= 15 is 0 Å². The van der Waals surface area contributed by atoms with E-state index < -0.39 is 25.9 Å². The number of benzene rings is 1. The Bertz CT molecular complexity index is 690. The van der Waals surface area contributed by atoms with Crippen molar-refractivity contribution in [2.24, 2.45) is 0 Å². The molecule has 1 N–H and O–H groups in total. The Kier molecular flexibility index (Phi) is 6.76. The molecule has 0 aliphatic carbocycles. The molecule has 0 atom stereocenters. The lowest BCUT2D eigenvalue weighted by molar-refractivity contribution is 0.574. The smallest absolute Gasteiger partial charge is 0.232 e. The largest absolute Gasteiger partial charge is 0.266 e. The molecule has 0 aliphatic heterocycles. The molecule has 22 heavy (non-hydrogen) atoms. The van der Waals surface area contributed by atoms with Gasteiger partial charge in [0.1, 0.15) is 5.82 Å². The molecule has 126 valence electrons. The van der Waals surface area contributed by atoms with E-state index in [1.165, 1.54) is 18.2 Å². The molecule has 0 saturated carbocycles. The Morgan fingerprint density at radius 2 is 1.82 bits per heavy atom. The van der Waals surface area contributed by atoms with Gasteiger partial charge >= 0.3 is 0 Å². The molecule has 0 aromatic heterocycles. The minimum atomic E-state index is -3.72. The average molecular weight is 352 g/mol. The van der Waals surface area contributed by atoms with Gasteiger partial charge in [-0.3, -0.25) is 4.31 Å². The Morgan fingerprint density at radius 3 is 2.36 bits per heavy atom. The highest BCUT2D eigenvalue weighted by atomic mass is 32.2. The van der Waals surface area contributed by atoms with E-state index in [9.17, 15) is 21.2 Å². The molecular formula is C13H21FN2O4S2. The van der Waals surface area contributed by atoms with Gasteiger partial charge in [-0.05, 0) is 18.6 Å². The lowest BCUT2D eigenvalue weighted by Gasteiger charge is -2.22. The first kappa shape index (κ1) is 18.9. The molecule has 0 fully saturated rings. The van der Waals surface area contributed by atoms with Crippen molar-refractivity contribution in [3.8, 4) is 0 Å². The number of para-hydroxylation sites is 1. The highest BCUT2D eigenvalue weighted by Gasteiger charge is 2.21. The van der Waals surface area contributed by atoms with Gasteiger partial charge in [-0.1, -0.05) is 25.5 Å². The molecule has 1 aromatic rings. The van der Waals surface area contributed by atoms with E-state index in [-0.39, 0.29) is 24.5 Å². The molecule has 0 amide bonds. The van der Waals surface area contributed by atoms with E-state index in [0.717, 1.165) is 23.0 Å². The van der Waals surface area contributed by atoms with Crippen LogP contribution in [-0.4, -0.2) is 41.9 Å². The number of nitrogens with zero attached hydrogens (tertiary/aromatic N) is 1. The van der Waals surface area contributed by atoms with Crippen molar-refractivity contribution in [1.29, 1.82) is 0 Å². The molecule has 0 aliphatic rings.